The van der Waals surface area contributed by atoms with Gasteiger partial charge in [-0.15, -0.1) is 0 Å². The molecule has 1 fully saturated rings. The van der Waals surface area contributed by atoms with E-state index < -0.39 is 11.4 Å². The van der Waals surface area contributed by atoms with E-state index in [2.05, 4.69) is 5.32 Å². The van der Waals surface area contributed by atoms with Gasteiger partial charge in [-0.05, 0) is 60.0 Å². The van der Waals surface area contributed by atoms with E-state index in [-0.39, 0.29) is 12.6 Å². The fourth-order valence-electron chi connectivity index (χ4n) is 4.22. The van der Waals surface area contributed by atoms with E-state index in [1.54, 1.807) is 0 Å². The van der Waals surface area contributed by atoms with Crippen molar-refractivity contribution < 1.29 is 19.1 Å². The molecule has 0 aliphatic carbocycles. The van der Waals surface area contributed by atoms with Crippen LogP contribution in [-0.2, 0) is 26.3 Å². The minimum Gasteiger partial charge on any atom is -0.468 e. The Kier molecular flexibility index (Phi) is 5.81. The monoisotopic (exact) mass is 403 g/mol. The number of piperidine rings is 1. The third-order valence-corrected chi connectivity index (χ3v) is 5.88. The number of fused-ring (bicyclic) bond motifs is 1. The molecule has 0 amide bonds. The van der Waals surface area contributed by atoms with E-state index in [9.17, 15) is 9.59 Å². The molecule has 3 aromatic rings. The lowest BCUT2D eigenvalue weighted by molar-refractivity contribution is -0.148. The second-order valence-corrected chi connectivity index (χ2v) is 7.63. The summed E-state index contributed by atoms with van der Waals surface area (Å²) < 4.78 is 10.8. The molecular formula is C25H25NO4. The molecule has 1 heterocycles. The Morgan fingerprint density at radius 3 is 2.40 bits per heavy atom. The molecule has 1 aliphatic heterocycles. The number of ether oxygens (including phenoxy) is 2. The van der Waals surface area contributed by atoms with Crippen molar-refractivity contribution in [2.24, 2.45) is 0 Å². The topological polar surface area (TPSA) is 64.6 Å². The van der Waals surface area contributed by atoms with Crippen LogP contribution < -0.4 is 5.32 Å². The molecule has 4 rings (SSSR count). The van der Waals surface area contributed by atoms with Crippen molar-refractivity contribution in [3.63, 3.8) is 0 Å². The summed E-state index contributed by atoms with van der Waals surface area (Å²) in [6, 6.07) is 21.1. The van der Waals surface area contributed by atoms with Gasteiger partial charge >= 0.3 is 11.9 Å². The molecule has 3 aromatic carbocycles. The molecular weight excluding hydrogens is 378 g/mol. The van der Waals surface area contributed by atoms with Gasteiger partial charge < -0.3 is 14.8 Å². The van der Waals surface area contributed by atoms with E-state index in [4.69, 9.17) is 9.47 Å². The Labute approximate surface area is 176 Å². The number of hydrogen-bond donors (Lipinski definition) is 1. The number of hydrogen-bond acceptors (Lipinski definition) is 5. The molecule has 0 unspecified atom stereocenters. The minimum absolute atomic E-state index is 0.199. The maximum atomic E-state index is 13.1. The van der Waals surface area contributed by atoms with Gasteiger partial charge in [-0.3, -0.25) is 4.79 Å². The number of nitrogens with one attached hydrogen (secondary N) is 1. The van der Waals surface area contributed by atoms with Crippen LogP contribution >= 0.6 is 0 Å². The number of esters is 2. The van der Waals surface area contributed by atoms with Crippen LogP contribution in [0.25, 0.3) is 10.8 Å². The van der Waals surface area contributed by atoms with Crippen molar-refractivity contribution in [1.82, 2.24) is 5.32 Å². The zero-order chi connectivity index (χ0) is 21.0. The average Bonchev–Trinajstić information content (AvgIpc) is 2.82. The Bertz CT molecular complexity index is 1060. The highest BCUT2D eigenvalue weighted by Gasteiger charge is 2.43. The first kappa shape index (κ1) is 20.1. The predicted molar refractivity (Wildman–Crippen MR) is 115 cm³/mol. The van der Waals surface area contributed by atoms with Crippen LogP contribution in [0.5, 0.6) is 0 Å². The molecule has 0 atom stereocenters. The van der Waals surface area contributed by atoms with Crippen LogP contribution in [0.2, 0.25) is 0 Å². The van der Waals surface area contributed by atoms with Gasteiger partial charge in [-0.25, -0.2) is 4.79 Å². The molecule has 0 aromatic heterocycles. The Balaban J connectivity index is 1.75. The van der Waals surface area contributed by atoms with Crippen LogP contribution in [0.1, 0.15) is 34.3 Å². The summed E-state index contributed by atoms with van der Waals surface area (Å²) in [6.45, 7) is 1.63. The van der Waals surface area contributed by atoms with Crippen LogP contribution in [0.4, 0.5) is 0 Å². The lowest BCUT2D eigenvalue weighted by Crippen LogP contribution is -2.46. The van der Waals surface area contributed by atoms with Gasteiger partial charge in [0.25, 0.3) is 0 Å². The normalized spacial score (nSPS) is 15.5. The number of carbonyl (C=O) groups is 2. The van der Waals surface area contributed by atoms with Crippen molar-refractivity contribution in [2.75, 3.05) is 20.2 Å². The van der Waals surface area contributed by atoms with Gasteiger partial charge in [0, 0.05) is 0 Å². The van der Waals surface area contributed by atoms with E-state index in [0.717, 1.165) is 35.0 Å². The third kappa shape index (κ3) is 3.81. The van der Waals surface area contributed by atoms with E-state index in [0.29, 0.717) is 18.4 Å². The summed E-state index contributed by atoms with van der Waals surface area (Å²) in [5, 5.41) is 5.02. The molecule has 154 valence electrons. The van der Waals surface area contributed by atoms with Crippen molar-refractivity contribution >= 4 is 22.7 Å². The molecule has 1 saturated heterocycles. The predicted octanol–water partition coefficient (Wildman–Crippen LogP) is 3.99. The van der Waals surface area contributed by atoms with Crippen LogP contribution in [0.15, 0.2) is 66.7 Å². The van der Waals surface area contributed by atoms with Crippen molar-refractivity contribution in [1.29, 1.82) is 0 Å². The summed E-state index contributed by atoms with van der Waals surface area (Å²) >= 11 is 0. The minimum atomic E-state index is -0.765. The fourth-order valence-corrected chi connectivity index (χ4v) is 4.22. The van der Waals surface area contributed by atoms with Crippen LogP contribution in [0, 0.1) is 0 Å². The summed E-state index contributed by atoms with van der Waals surface area (Å²) in [5.74, 6) is -0.659. The first-order chi connectivity index (χ1) is 14.6. The molecule has 5 heteroatoms. The van der Waals surface area contributed by atoms with Gasteiger partial charge in [-0.1, -0.05) is 54.6 Å². The SMILES string of the molecule is COC(=O)C1(c2cc(C(=O)OCc3ccccc3)c3ccccc3c2)CCNCC1. The highest BCUT2D eigenvalue weighted by molar-refractivity contribution is 6.05. The van der Waals surface area contributed by atoms with Crippen LogP contribution in [-0.4, -0.2) is 32.1 Å². The first-order valence-corrected chi connectivity index (χ1v) is 10.2. The van der Waals surface area contributed by atoms with E-state index in [1.807, 2.05) is 66.7 Å². The van der Waals surface area contributed by atoms with Crippen molar-refractivity contribution in [3.05, 3.63) is 83.4 Å². The van der Waals surface area contributed by atoms with Crippen molar-refractivity contribution in [2.45, 2.75) is 24.9 Å². The first-order valence-electron chi connectivity index (χ1n) is 10.2. The number of methoxy groups -OCH3 is 1. The standard InChI is InChI=1S/C25H25NO4/c1-29-24(28)25(11-13-26-14-12-25)20-15-19-9-5-6-10-21(19)22(16-20)23(27)30-17-18-7-3-2-4-8-18/h2-10,15-16,26H,11-14,17H2,1H3. The average molecular weight is 403 g/mol. The number of benzene rings is 3. The molecule has 0 bridgehead atoms. The maximum Gasteiger partial charge on any atom is 0.339 e. The van der Waals surface area contributed by atoms with E-state index in [1.165, 1.54) is 7.11 Å². The molecule has 5 nitrogen and oxygen atoms in total. The molecule has 0 radical (unpaired) electrons. The zero-order valence-electron chi connectivity index (χ0n) is 17.0. The van der Waals surface area contributed by atoms with Gasteiger partial charge in [0.1, 0.15) is 6.61 Å². The second kappa shape index (κ2) is 8.67. The molecule has 0 spiro atoms. The number of rotatable bonds is 5. The lowest BCUT2D eigenvalue weighted by Gasteiger charge is -2.35. The highest BCUT2D eigenvalue weighted by atomic mass is 16.5. The van der Waals surface area contributed by atoms with Gasteiger partial charge in [0.2, 0.25) is 0 Å². The lowest BCUT2D eigenvalue weighted by atomic mass is 9.72. The summed E-state index contributed by atoms with van der Waals surface area (Å²) in [5.41, 5.74) is 1.44. The van der Waals surface area contributed by atoms with Crippen molar-refractivity contribution in [3.8, 4) is 0 Å². The Hall–Kier alpha value is -3.18. The van der Waals surface area contributed by atoms with Gasteiger partial charge in [0.05, 0.1) is 18.1 Å². The summed E-state index contributed by atoms with van der Waals surface area (Å²) in [7, 11) is 1.42. The quantitative estimate of drug-likeness (QED) is 0.653. The Morgan fingerprint density at radius 2 is 1.67 bits per heavy atom. The zero-order valence-corrected chi connectivity index (χ0v) is 17.0. The third-order valence-electron chi connectivity index (χ3n) is 5.88. The van der Waals surface area contributed by atoms with E-state index >= 15 is 0 Å². The largest absolute Gasteiger partial charge is 0.468 e. The molecule has 0 saturated carbocycles. The fraction of sp³-hybridized carbons (Fsp3) is 0.280. The highest BCUT2D eigenvalue weighted by Crippen LogP contribution is 2.37. The summed E-state index contributed by atoms with van der Waals surface area (Å²) in [6.07, 6.45) is 1.24. The van der Waals surface area contributed by atoms with Gasteiger partial charge in [-0.2, -0.15) is 0 Å². The molecule has 1 N–H and O–H groups in total. The van der Waals surface area contributed by atoms with Crippen LogP contribution in [0.3, 0.4) is 0 Å². The smallest absolute Gasteiger partial charge is 0.339 e. The summed E-state index contributed by atoms with van der Waals surface area (Å²) in [4.78, 5) is 25.9. The Morgan fingerprint density at radius 1 is 0.967 bits per heavy atom. The maximum absolute atomic E-state index is 13.1. The van der Waals surface area contributed by atoms with Gasteiger partial charge in [0.15, 0.2) is 0 Å². The molecule has 1 aliphatic rings. The second-order valence-electron chi connectivity index (χ2n) is 7.63. The number of carbonyl (C=O) groups excluding carboxylic acids is 2. The molecule has 30 heavy (non-hydrogen) atoms.